The van der Waals surface area contributed by atoms with E-state index >= 15 is 0 Å². The molecule has 146 valence electrons. The summed E-state index contributed by atoms with van der Waals surface area (Å²) in [4.78, 5) is 23.4. The van der Waals surface area contributed by atoms with E-state index in [2.05, 4.69) is 10.0 Å². The topological polar surface area (TPSA) is 102 Å². The number of esters is 1. The first kappa shape index (κ1) is 22.7. The first-order valence-corrected chi connectivity index (χ1v) is 10.1. The number of hydrogen-bond donors (Lipinski definition) is 2. The lowest BCUT2D eigenvalue weighted by molar-refractivity contribution is -0.124. The summed E-state index contributed by atoms with van der Waals surface area (Å²) in [6.07, 6.45) is 0. The van der Waals surface area contributed by atoms with Crippen molar-refractivity contribution in [3.63, 3.8) is 0 Å². The van der Waals surface area contributed by atoms with Crippen molar-refractivity contribution in [1.29, 1.82) is 0 Å². The average Bonchev–Trinajstić information content (AvgIpc) is 2.50. The number of halogens is 2. The third-order valence-electron chi connectivity index (χ3n) is 3.00. The Morgan fingerprint density at radius 2 is 1.73 bits per heavy atom. The molecule has 0 radical (unpaired) electrons. The molecule has 0 bridgehead atoms. The fraction of sp³-hybridized carbons (Fsp3) is 0.500. The number of hydrogen-bond acceptors (Lipinski definition) is 5. The molecule has 0 aromatic heterocycles. The van der Waals surface area contributed by atoms with Crippen molar-refractivity contribution in [2.45, 2.75) is 38.6 Å². The van der Waals surface area contributed by atoms with Gasteiger partial charge >= 0.3 is 5.97 Å². The SMILES string of the molecule is CC(C)CNS(=O)(=O)c1cc(C(=O)OCC(=O)NC(C)C)c(Cl)cc1Cl. The Morgan fingerprint density at radius 1 is 1.12 bits per heavy atom. The molecule has 0 unspecified atom stereocenters. The standard InChI is InChI=1S/C16H22Cl2N2O5S/c1-9(2)7-19-26(23,24)14-5-11(12(17)6-13(14)18)16(22)25-8-15(21)20-10(3)4/h5-6,9-10,19H,7-8H2,1-4H3,(H,20,21). The van der Waals surface area contributed by atoms with Crippen molar-refractivity contribution in [3.8, 4) is 0 Å². The van der Waals surface area contributed by atoms with Gasteiger partial charge in [-0.25, -0.2) is 17.9 Å². The normalized spacial score (nSPS) is 11.7. The zero-order valence-electron chi connectivity index (χ0n) is 14.9. The first-order chi connectivity index (χ1) is 11.9. The van der Waals surface area contributed by atoms with E-state index in [9.17, 15) is 18.0 Å². The van der Waals surface area contributed by atoms with E-state index in [1.54, 1.807) is 13.8 Å². The van der Waals surface area contributed by atoms with Crippen molar-refractivity contribution >= 4 is 45.1 Å². The molecular formula is C16H22Cl2N2O5S. The maximum Gasteiger partial charge on any atom is 0.340 e. The first-order valence-electron chi connectivity index (χ1n) is 7.89. The van der Waals surface area contributed by atoms with Crippen LogP contribution in [-0.4, -0.2) is 39.5 Å². The zero-order valence-corrected chi connectivity index (χ0v) is 17.3. The van der Waals surface area contributed by atoms with Crippen LogP contribution in [-0.2, 0) is 19.6 Å². The molecule has 1 aromatic rings. The molecule has 26 heavy (non-hydrogen) atoms. The maximum absolute atomic E-state index is 12.4. The van der Waals surface area contributed by atoms with Crippen LogP contribution < -0.4 is 10.0 Å². The van der Waals surface area contributed by atoms with Gasteiger partial charge in [0.1, 0.15) is 4.90 Å². The molecule has 0 aliphatic carbocycles. The minimum atomic E-state index is -3.93. The monoisotopic (exact) mass is 424 g/mol. The van der Waals surface area contributed by atoms with Gasteiger partial charge in [0.05, 0.1) is 15.6 Å². The molecule has 1 amide bonds. The maximum atomic E-state index is 12.4. The van der Waals surface area contributed by atoms with Crippen molar-refractivity contribution in [2.75, 3.05) is 13.2 Å². The third kappa shape index (κ3) is 6.75. The van der Waals surface area contributed by atoms with Gasteiger partial charge in [-0.1, -0.05) is 37.0 Å². The number of nitrogens with one attached hydrogen (secondary N) is 2. The average molecular weight is 425 g/mol. The van der Waals surface area contributed by atoms with Crippen LogP contribution in [0.5, 0.6) is 0 Å². The summed E-state index contributed by atoms with van der Waals surface area (Å²) in [6, 6.07) is 2.08. The second kappa shape index (κ2) is 9.55. The fourth-order valence-electron chi connectivity index (χ4n) is 1.82. The molecule has 1 aromatic carbocycles. The number of rotatable bonds is 8. The molecule has 1 rings (SSSR count). The van der Waals surface area contributed by atoms with Gasteiger partial charge in [0.25, 0.3) is 5.91 Å². The van der Waals surface area contributed by atoms with E-state index in [-0.39, 0.29) is 39.0 Å². The molecule has 0 saturated heterocycles. The van der Waals surface area contributed by atoms with Gasteiger partial charge in [0, 0.05) is 12.6 Å². The molecular weight excluding hydrogens is 403 g/mol. The number of carbonyl (C=O) groups is 2. The summed E-state index contributed by atoms with van der Waals surface area (Å²) < 4.78 is 32.0. The quantitative estimate of drug-likeness (QED) is 0.624. The van der Waals surface area contributed by atoms with Gasteiger partial charge in [0.15, 0.2) is 6.61 Å². The Bertz CT molecular complexity index is 779. The predicted octanol–water partition coefficient (Wildman–Crippen LogP) is 2.61. The van der Waals surface area contributed by atoms with E-state index < -0.39 is 28.5 Å². The summed E-state index contributed by atoms with van der Waals surface area (Å²) in [5.74, 6) is -1.32. The molecule has 10 heteroatoms. The molecule has 0 fully saturated rings. The Balaban J connectivity index is 3.03. The Morgan fingerprint density at radius 3 is 2.27 bits per heavy atom. The number of amides is 1. The molecule has 0 heterocycles. The predicted molar refractivity (Wildman–Crippen MR) is 100 cm³/mol. The minimum absolute atomic E-state index is 0.0768. The Kier molecular flexibility index (Phi) is 8.33. The lowest BCUT2D eigenvalue weighted by Crippen LogP contribution is -2.34. The highest BCUT2D eigenvalue weighted by Gasteiger charge is 2.23. The van der Waals surface area contributed by atoms with Crippen LogP contribution in [0.25, 0.3) is 0 Å². The van der Waals surface area contributed by atoms with Crippen molar-refractivity contribution in [2.24, 2.45) is 5.92 Å². The third-order valence-corrected chi connectivity index (χ3v) is 5.20. The summed E-state index contributed by atoms with van der Waals surface area (Å²) in [6.45, 7) is 6.90. The summed E-state index contributed by atoms with van der Waals surface area (Å²) >= 11 is 11.9. The van der Waals surface area contributed by atoms with Crippen LogP contribution in [0.2, 0.25) is 10.0 Å². The summed E-state index contributed by atoms with van der Waals surface area (Å²) in [7, 11) is -3.93. The van der Waals surface area contributed by atoms with Gasteiger partial charge in [0.2, 0.25) is 10.0 Å². The number of carbonyl (C=O) groups excluding carboxylic acids is 2. The van der Waals surface area contributed by atoms with Gasteiger partial charge in [-0.2, -0.15) is 0 Å². The highest BCUT2D eigenvalue weighted by atomic mass is 35.5. The van der Waals surface area contributed by atoms with Gasteiger partial charge < -0.3 is 10.1 Å². The molecule has 2 N–H and O–H groups in total. The van der Waals surface area contributed by atoms with E-state index in [1.807, 2.05) is 13.8 Å². The second-order valence-electron chi connectivity index (χ2n) is 6.31. The fourth-order valence-corrected chi connectivity index (χ4v) is 3.88. The van der Waals surface area contributed by atoms with E-state index in [0.29, 0.717) is 0 Å². The Labute approximate surface area is 163 Å². The van der Waals surface area contributed by atoms with Crippen LogP contribution >= 0.6 is 23.2 Å². The van der Waals surface area contributed by atoms with Crippen molar-refractivity contribution in [1.82, 2.24) is 10.0 Å². The lowest BCUT2D eigenvalue weighted by Gasteiger charge is -2.13. The zero-order chi connectivity index (χ0) is 20.1. The van der Waals surface area contributed by atoms with Gasteiger partial charge in [-0.15, -0.1) is 0 Å². The highest BCUT2D eigenvalue weighted by molar-refractivity contribution is 7.89. The molecule has 0 spiro atoms. The van der Waals surface area contributed by atoms with Crippen LogP contribution in [0.1, 0.15) is 38.1 Å². The van der Waals surface area contributed by atoms with Crippen molar-refractivity contribution < 1.29 is 22.7 Å². The molecule has 0 atom stereocenters. The van der Waals surface area contributed by atoms with Gasteiger partial charge in [-0.3, -0.25) is 4.79 Å². The molecule has 0 aliphatic heterocycles. The van der Waals surface area contributed by atoms with Crippen molar-refractivity contribution in [3.05, 3.63) is 27.7 Å². The van der Waals surface area contributed by atoms with Gasteiger partial charge in [-0.05, 0) is 31.9 Å². The number of ether oxygens (including phenoxy) is 1. The van der Waals surface area contributed by atoms with E-state index in [1.165, 1.54) is 0 Å². The van der Waals surface area contributed by atoms with Crippen LogP contribution in [0.3, 0.4) is 0 Å². The van der Waals surface area contributed by atoms with Crippen LogP contribution in [0.15, 0.2) is 17.0 Å². The molecule has 7 nitrogen and oxygen atoms in total. The highest BCUT2D eigenvalue weighted by Crippen LogP contribution is 2.29. The molecule has 0 saturated carbocycles. The van der Waals surface area contributed by atoms with Crippen LogP contribution in [0, 0.1) is 5.92 Å². The number of sulfonamides is 1. The second-order valence-corrected chi connectivity index (χ2v) is 8.86. The smallest absolute Gasteiger partial charge is 0.340 e. The minimum Gasteiger partial charge on any atom is -0.452 e. The van der Waals surface area contributed by atoms with E-state index in [4.69, 9.17) is 27.9 Å². The summed E-state index contributed by atoms with van der Waals surface area (Å²) in [5, 5.41) is 2.36. The Hall–Kier alpha value is -1.35. The number of benzene rings is 1. The molecule has 0 aliphatic rings. The van der Waals surface area contributed by atoms with E-state index in [0.717, 1.165) is 12.1 Å². The lowest BCUT2D eigenvalue weighted by atomic mass is 10.2. The summed E-state index contributed by atoms with van der Waals surface area (Å²) in [5.41, 5.74) is -0.196. The largest absolute Gasteiger partial charge is 0.452 e. The van der Waals surface area contributed by atoms with Crippen LogP contribution in [0.4, 0.5) is 0 Å².